The predicted molar refractivity (Wildman–Crippen MR) is 78.5 cm³/mol. The van der Waals surface area contributed by atoms with Gasteiger partial charge >= 0.3 is 6.18 Å². The minimum absolute atomic E-state index is 0.00620. The molecule has 3 aliphatic rings. The average Bonchev–Trinajstić information content (AvgIpc) is 2.46. The summed E-state index contributed by atoms with van der Waals surface area (Å²) in [5.41, 5.74) is 0. The molecule has 0 aromatic heterocycles. The van der Waals surface area contributed by atoms with Crippen LogP contribution >= 0.6 is 0 Å². The van der Waals surface area contributed by atoms with E-state index < -0.39 is 12.1 Å². The van der Waals surface area contributed by atoms with Crippen molar-refractivity contribution in [2.75, 3.05) is 0 Å². The third-order valence-corrected chi connectivity index (χ3v) is 5.90. The third-order valence-electron chi connectivity index (χ3n) is 5.90. The van der Waals surface area contributed by atoms with E-state index in [-0.39, 0.29) is 42.5 Å². The maximum Gasteiger partial charge on any atom is 0.391 e. The summed E-state index contributed by atoms with van der Waals surface area (Å²) in [6, 6.07) is -0.375. The Kier molecular flexibility index (Phi) is 4.70. The van der Waals surface area contributed by atoms with Crippen molar-refractivity contribution >= 4 is 11.7 Å². The molecule has 6 heteroatoms. The number of hydrogen-bond acceptors (Lipinski definition) is 2. The fraction of sp³-hybridized carbons (Fsp3) is 0.882. The van der Waals surface area contributed by atoms with Gasteiger partial charge in [0.2, 0.25) is 5.91 Å². The molecular formula is C17H24F3NO2. The first-order chi connectivity index (χ1) is 10.8. The quantitative estimate of drug-likeness (QED) is 0.840. The Morgan fingerprint density at radius 1 is 0.957 bits per heavy atom. The first kappa shape index (κ1) is 16.8. The van der Waals surface area contributed by atoms with Crippen LogP contribution in [-0.2, 0) is 9.59 Å². The topological polar surface area (TPSA) is 46.2 Å². The summed E-state index contributed by atoms with van der Waals surface area (Å²) in [7, 11) is 0. The molecule has 3 aliphatic carbocycles. The Morgan fingerprint density at radius 2 is 1.57 bits per heavy atom. The van der Waals surface area contributed by atoms with Gasteiger partial charge in [-0.05, 0) is 44.9 Å². The fourth-order valence-corrected chi connectivity index (χ4v) is 4.63. The van der Waals surface area contributed by atoms with E-state index in [1.807, 2.05) is 0 Å². The summed E-state index contributed by atoms with van der Waals surface area (Å²) in [6.07, 6.45) is 1.04. The van der Waals surface area contributed by atoms with Crippen LogP contribution in [0.3, 0.4) is 0 Å². The maximum absolute atomic E-state index is 12.9. The highest BCUT2D eigenvalue weighted by molar-refractivity contribution is 5.88. The molecule has 0 aromatic carbocycles. The van der Waals surface area contributed by atoms with E-state index in [0.29, 0.717) is 31.5 Å². The maximum atomic E-state index is 12.9. The van der Waals surface area contributed by atoms with Gasteiger partial charge in [-0.15, -0.1) is 0 Å². The van der Waals surface area contributed by atoms with Crippen molar-refractivity contribution in [3.05, 3.63) is 0 Å². The van der Waals surface area contributed by atoms with E-state index in [0.717, 1.165) is 19.3 Å². The lowest BCUT2D eigenvalue weighted by atomic mass is 9.67. The number of ketones is 1. The molecule has 0 aromatic rings. The molecule has 3 nitrogen and oxygen atoms in total. The summed E-state index contributed by atoms with van der Waals surface area (Å²) in [6.45, 7) is 0. The molecule has 0 aliphatic heterocycles. The van der Waals surface area contributed by atoms with Gasteiger partial charge in [-0.2, -0.15) is 13.2 Å². The lowest BCUT2D eigenvalue weighted by molar-refractivity contribution is -0.184. The number of amides is 1. The van der Waals surface area contributed by atoms with Crippen LogP contribution < -0.4 is 5.32 Å². The average molecular weight is 331 g/mol. The van der Waals surface area contributed by atoms with Crippen molar-refractivity contribution in [3.63, 3.8) is 0 Å². The number of fused-ring (bicyclic) bond motifs is 2. The third kappa shape index (κ3) is 3.72. The number of nitrogens with one attached hydrogen (secondary N) is 1. The van der Waals surface area contributed by atoms with Gasteiger partial charge in [0, 0.05) is 23.8 Å². The second-order valence-corrected chi connectivity index (χ2v) is 7.51. The van der Waals surface area contributed by atoms with E-state index in [2.05, 4.69) is 5.32 Å². The van der Waals surface area contributed by atoms with E-state index in [1.54, 1.807) is 0 Å². The van der Waals surface area contributed by atoms with Gasteiger partial charge in [0.25, 0.3) is 0 Å². The first-order valence-corrected chi connectivity index (χ1v) is 8.75. The van der Waals surface area contributed by atoms with E-state index in [9.17, 15) is 22.8 Å². The van der Waals surface area contributed by atoms with Gasteiger partial charge in [-0.3, -0.25) is 9.59 Å². The summed E-state index contributed by atoms with van der Waals surface area (Å²) in [5.74, 6) is -1.35. The number of alkyl halides is 3. The van der Waals surface area contributed by atoms with E-state index in [1.165, 1.54) is 0 Å². The van der Waals surface area contributed by atoms with Crippen molar-refractivity contribution in [3.8, 4) is 0 Å². The normalized spacial score (nSPS) is 38.2. The summed E-state index contributed by atoms with van der Waals surface area (Å²) < 4.78 is 38.6. The fourth-order valence-electron chi connectivity index (χ4n) is 4.63. The zero-order chi connectivity index (χ0) is 16.6. The SMILES string of the molecule is O=C(N[C@H]1CCC[C@H](C(F)(F)F)C1)C1C[C@H]2CCC[C@@H](C1)C2=O. The number of carbonyl (C=O) groups is 2. The molecule has 0 radical (unpaired) electrons. The number of halogens is 3. The number of hydrogen-bond donors (Lipinski definition) is 1. The molecule has 3 fully saturated rings. The van der Waals surface area contributed by atoms with Crippen molar-refractivity contribution in [2.24, 2.45) is 23.7 Å². The Hall–Kier alpha value is -1.07. The zero-order valence-electron chi connectivity index (χ0n) is 13.2. The Morgan fingerprint density at radius 3 is 2.17 bits per heavy atom. The molecule has 23 heavy (non-hydrogen) atoms. The van der Waals surface area contributed by atoms with E-state index >= 15 is 0 Å². The van der Waals surface area contributed by atoms with E-state index in [4.69, 9.17) is 0 Å². The van der Waals surface area contributed by atoms with Gasteiger partial charge in [0.05, 0.1) is 5.92 Å². The van der Waals surface area contributed by atoms with Crippen LogP contribution in [0.25, 0.3) is 0 Å². The molecule has 0 saturated heterocycles. The van der Waals surface area contributed by atoms with Crippen LogP contribution in [0.5, 0.6) is 0 Å². The van der Waals surface area contributed by atoms with Crippen LogP contribution in [0.15, 0.2) is 0 Å². The molecule has 0 spiro atoms. The van der Waals surface area contributed by atoms with Gasteiger partial charge in [0.1, 0.15) is 5.78 Å². The lowest BCUT2D eigenvalue weighted by Crippen LogP contribution is -2.47. The van der Waals surface area contributed by atoms with Crippen molar-refractivity contribution < 1.29 is 22.8 Å². The summed E-state index contributed by atoms with van der Waals surface area (Å²) in [5, 5.41) is 2.84. The van der Waals surface area contributed by atoms with Crippen molar-refractivity contribution in [1.29, 1.82) is 0 Å². The standard InChI is InChI=1S/C17H24F3NO2/c18-17(19,20)13-5-2-6-14(9-13)21-16(23)12-7-10-3-1-4-11(8-12)15(10)22/h10-14H,1-9H2,(H,21,23)/t10-,11+,12?,13-,14-/m0/s1. The molecule has 3 rings (SSSR count). The number of rotatable bonds is 2. The highest BCUT2D eigenvalue weighted by atomic mass is 19.4. The van der Waals surface area contributed by atoms with Crippen LogP contribution in [0.2, 0.25) is 0 Å². The Labute approximate surface area is 134 Å². The minimum atomic E-state index is -4.17. The minimum Gasteiger partial charge on any atom is -0.353 e. The molecule has 5 atom stereocenters. The molecule has 2 bridgehead atoms. The molecule has 1 unspecified atom stereocenters. The lowest BCUT2D eigenvalue weighted by Gasteiger charge is -2.38. The van der Waals surface area contributed by atoms with Crippen LogP contribution in [0, 0.1) is 23.7 Å². The molecule has 1 N–H and O–H groups in total. The Bertz CT molecular complexity index is 461. The summed E-state index contributed by atoms with van der Waals surface area (Å²) >= 11 is 0. The summed E-state index contributed by atoms with van der Waals surface area (Å²) in [4.78, 5) is 24.5. The monoisotopic (exact) mass is 331 g/mol. The molecular weight excluding hydrogens is 307 g/mol. The van der Waals surface area contributed by atoms with Crippen LogP contribution in [-0.4, -0.2) is 23.9 Å². The Balaban J connectivity index is 1.56. The van der Waals surface area contributed by atoms with Crippen molar-refractivity contribution in [2.45, 2.75) is 70.0 Å². The van der Waals surface area contributed by atoms with Crippen LogP contribution in [0.4, 0.5) is 13.2 Å². The van der Waals surface area contributed by atoms with Gasteiger partial charge in [0.15, 0.2) is 0 Å². The second-order valence-electron chi connectivity index (χ2n) is 7.51. The molecule has 0 heterocycles. The molecule has 3 saturated carbocycles. The van der Waals surface area contributed by atoms with Gasteiger partial charge in [-0.1, -0.05) is 12.8 Å². The smallest absolute Gasteiger partial charge is 0.353 e. The number of Topliss-reactive ketones (excluding diaryl/α,β-unsaturated/α-hetero) is 1. The van der Waals surface area contributed by atoms with Gasteiger partial charge in [-0.25, -0.2) is 0 Å². The zero-order valence-corrected chi connectivity index (χ0v) is 13.2. The molecule has 1 amide bonds. The second kappa shape index (κ2) is 6.44. The van der Waals surface area contributed by atoms with Crippen LogP contribution in [0.1, 0.15) is 57.8 Å². The highest BCUT2D eigenvalue weighted by Gasteiger charge is 2.44. The van der Waals surface area contributed by atoms with Gasteiger partial charge < -0.3 is 5.32 Å². The largest absolute Gasteiger partial charge is 0.391 e. The predicted octanol–water partition coefficient (Wildman–Crippen LogP) is 3.62. The molecule has 130 valence electrons. The first-order valence-electron chi connectivity index (χ1n) is 8.75. The highest BCUT2D eigenvalue weighted by Crippen LogP contribution is 2.41. The van der Waals surface area contributed by atoms with Crippen molar-refractivity contribution in [1.82, 2.24) is 5.32 Å². The number of carbonyl (C=O) groups excluding carboxylic acids is 2.